The minimum atomic E-state index is 0.861. The summed E-state index contributed by atoms with van der Waals surface area (Å²) in [7, 11) is 0. The van der Waals surface area contributed by atoms with Gasteiger partial charge in [0, 0.05) is 50.8 Å². The van der Waals surface area contributed by atoms with Crippen molar-refractivity contribution in [3.63, 3.8) is 0 Å². The maximum absolute atomic E-state index is 6.45. The first-order valence-electron chi connectivity index (χ1n) is 20.7. The Morgan fingerprint density at radius 2 is 0.754 bits per heavy atom. The van der Waals surface area contributed by atoms with E-state index >= 15 is 0 Å². The molecule has 11 aromatic rings. The summed E-state index contributed by atoms with van der Waals surface area (Å²) in [5, 5.41) is 4.63. The number of rotatable bonds is 9. The molecule has 11 rings (SSSR count). The topological polar surface area (TPSA) is 19.6 Å². The third-order valence-electron chi connectivity index (χ3n) is 11.6. The Bertz CT molecular complexity index is 3240. The Balaban J connectivity index is 0.979. The maximum atomic E-state index is 6.45. The Labute approximate surface area is 355 Å². The van der Waals surface area contributed by atoms with Gasteiger partial charge in [-0.2, -0.15) is 0 Å². The molecule has 0 atom stereocenters. The van der Waals surface area contributed by atoms with Crippen molar-refractivity contribution in [3.8, 4) is 33.4 Å². The molecule has 61 heavy (non-hydrogen) atoms. The highest BCUT2D eigenvalue weighted by Crippen LogP contribution is 2.46. The van der Waals surface area contributed by atoms with Crippen LogP contribution in [0.25, 0.3) is 66.1 Å². The molecule has 10 aromatic carbocycles. The van der Waals surface area contributed by atoms with Crippen molar-refractivity contribution in [1.29, 1.82) is 0 Å². The molecule has 0 bridgehead atoms. The van der Waals surface area contributed by atoms with Gasteiger partial charge in [0.1, 0.15) is 11.2 Å². The second-order valence-electron chi connectivity index (χ2n) is 15.3. The number of para-hydroxylation sites is 3. The Hall–Kier alpha value is -8.14. The monoisotopic (exact) mass is 780 g/mol. The van der Waals surface area contributed by atoms with Crippen molar-refractivity contribution < 1.29 is 4.42 Å². The molecule has 0 amide bonds. The summed E-state index contributed by atoms with van der Waals surface area (Å²) in [6.45, 7) is 0. The molecule has 0 saturated carbocycles. The third-order valence-corrected chi connectivity index (χ3v) is 11.6. The quantitative estimate of drug-likeness (QED) is 0.145. The van der Waals surface area contributed by atoms with Gasteiger partial charge >= 0.3 is 0 Å². The van der Waals surface area contributed by atoms with Crippen LogP contribution in [0.4, 0.5) is 34.1 Å². The summed E-state index contributed by atoms with van der Waals surface area (Å²) in [6, 6.07) is 86.5. The third kappa shape index (κ3) is 6.78. The van der Waals surface area contributed by atoms with E-state index in [2.05, 4.69) is 240 Å². The fraction of sp³-hybridized carbons (Fsp3) is 0. The van der Waals surface area contributed by atoms with Gasteiger partial charge in [-0.05, 0) is 117 Å². The Kier molecular flexibility index (Phi) is 9.18. The minimum Gasteiger partial charge on any atom is -0.456 e. The molecule has 1 aromatic heterocycles. The van der Waals surface area contributed by atoms with Gasteiger partial charge in [0.05, 0.1) is 5.69 Å². The van der Waals surface area contributed by atoms with Crippen LogP contribution in [0.1, 0.15) is 0 Å². The molecule has 0 aliphatic rings. The maximum Gasteiger partial charge on any atom is 0.137 e. The zero-order chi connectivity index (χ0) is 40.5. The molecule has 3 heteroatoms. The number of anilines is 6. The molecule has 0 fully saturated rings. The summed E-state index contributed by atoms with van der Waals surface area (Å²) in [5.41, 5.74) is 15.3. The summed E-state index contributed by atoms with van der Waals surface area (Å²) in [5.74, 6) is 0. The van der Waals surface area contributed by atoms with Crippen LogP contribution in [0.2, 0.25) is 0 Å². The van der Waals surface area contributed by atoms with Gasteiger partial charge in [-0.1, -0.05) is 158 Å². The summed E-state index contributed by atoms with van der Waals surface area (Å²) >= 11 is 0. The lowest BCUT2D eigenvalue weighted by Crippen LogP contribution is -2.11. The van der Waals surface area contributed by atoms with Crippen molar-refractivity contribution in [3.05, 3.63) is 243 Å². The van der Waals surface area contributed by atoms with Crippen molar-refractivity contribution >= 4 is 66.8 Å². The Morgan fingerprint density at radius 1 is 0.262 bits per heavy atom. The second-order valence-corrected chi connectivity index (χ2v) is 15.3. The highest BCUT2D eigenvalue weighted by molar-refractivity contribution is 6.08. The van der Waals surface area contributed by atoms with Gasteiger partial charge < -0.3 is 14.2 Å². The van der Waals surface area contributed by atoms with E-state index in [1.165, 1.54) is 33.0 Å². The van der Waals surface area contributed by atoms with Gasteiger partial charge in [0.2, 0.25) is 0 Å². The molecule has 0 spiro atoms. The van der Waals surface area contributed by atoms with Gasteiger partial charge in [0.25, 0.3) is 0 Å². The first-order chi connectivity index (χ1) is 30.2. The molecule has 1 heterocycles. The minimum absolute atomic E-state index is 0.861. The molecule has 288 valence electrons. The van der Waals surface area contributed by atoms with E-state index in [1.807, 2.05) is 12.1 Å². The van der Waals surface area contributed by atoms with Crippen LogP contribution in [0.5, 0.6) is 0 Å². The van der Waals surface area contributed by atoms with E-state index in [0.717, 1.165) is 67.2 Å². The van der Waals surface area contributed by atoms with Crippen LogP contribution in [0, 0.1) is 0 Å². The molecular weight excluding hydrogens is 741 g/mol. The number of benzene rings is 10. The summed E-state index contributed by atoms with van der Waals surface area (Å²) in [6.07, 6.45) is 0. The molecular formula is C58H40N2O. The lowest BCUT2D eigenvalue weighted by Gasteiger charge is -2.29. The average molecular weight is 781 g/mol. The van der Waals surface area contributed by atoms with Crippen LogP contribution >= 0.6 is 0 Å². The lowest BCUT2D eigenvalue weighted by molar-refractivity contribution is 0.669. The number of nitrogens with zero attached hydrogens (tertiary/aromatic N) is 2. The predicted octanol–water partition coefficient (Wildman–Crippen LogP) is 16.7. The fourth-order valence-corrected chi connectivity index (χ4v) is 8.72. The fourth-order valence-electron chi connectivity index (χ4n) is 8.72. The molecule has 0 radical (unpaired) electrons. The first kappa shape index (κ1) is 36.0. The van der Waals surface area contributed by atoms with Gasteiger partial charge in [0.15, 0.2) is 0 Å². The second kappa shape index (κ2) is 15.6. The standard InChI is InChI=1S/C58H40N2O/c1-4-16-44(17-5-1)58-52-24-11-10-15-43(52)31-38-55(58)60(51-36-37-54-53-25-12-13-26-56(53)61-57(54)40-51)50-34-29-42(30-35-50)46-19-14-18-45(39-46)41-27-32-49(33-28-41)59(47-20-6-2-7-21-47)48-22-8-3-9-23-48/h1-40H. The predicted molar refractivity (Wildman–Crippen MR) is 257 cm³/mol. The molecule has 3 nitrogen and oxygen atoms in total. The number of furan rings is 1. The van der Waals surface area contributed by atoms with E-state index in [-0.39, 0.29) is 0 Å². The molecule has 0 aliphatic heterocycles. The van der Waals surface area contributed by atoms with Crippen LogP contribution in [-0.2, 0) is 0 Å². The van der Waals surface area contributed by atoms with Crippen molar-refractivity contribution in [2.75, 3.05) is 9.80 Å². The zero-order valence-corrected chi connectivity index (χ0v) is 33.4. The van der Waals surface area contributed by atoms with Crippen LogP contribution < -0.4 is 9.80 Å². The van der Waals surface area contributed by atoms with Gasteiger partial charge in [-0.15, -0.1) is 0 Å². The average Bonchev–Trinajstić information content (AvgIpc) is 3.71. The van der Waals surface area contributed by atoms with Crippen LogP contribution in [-0.4, -0.2) is 0 Å². The van der Waals surface area contributed by atoms with E-state index in [1.54, 1.807) is 0 Å². The van der Waals surface area contributed by atoms with Gasteiger partial charge in [-0.25, -0.2) is 0 Å². The smallest absolute Gasteiger partial charge is 0.137 e. The zero-order valence-electron chi connectivity index (χ0n) is 33.4. The Morgan fingerprint density at radius 3 is 1.41 bits per heavy atom. The van der Waals surface area contributed by atoms with E-state index < -0.39 is 0 Å². The highest BCUT2D eigenvalue weighted by Gasteiger charge is 2.21. The van der Waals surface area contributed by atoms with E-state index in [4.69, 9.17) is 4.42 Å². The number of fused-ring (bicyclic) bond motifs is 4. The van der Waals surface area contributed by atoms with E-state index in [0.29, 0.717) is 0 Å². The highest BCUT2D eigenvalue weighted by atomic mass is 16.3. The summed E-state index contributed by atoms with van der Waals surface area (Å²) < 4.78 is 6.45. The lowest BCUT2D eigenvalue weighted by atomic mass is 9.95. The van der Waals surface area contributed by atoms with Crippen molar-refractivity contribution in [1.82, 2.24) is 0 Å². The van der Waals surface area contributed by atoms with E-state index in [9.17, 15) is 0 Å². The van der Waals surface area contributed by atoms with Crippen LogP contribution in [0.3, 0.4) is 0 Å². The van der Waals surface area contributed by atoms with Gasteiger partial charge in [-0.3, -0.25) is 0 Å². The molecule has 0 unspecified atom stereocenters. The van der Waals surface area contributed by atoms with Crippen LogP contribution in [0.15, 0.2) is 247 Å². The largest absolute Gasteiger partial charge is 0.456 e. The number of hydrogen-bond donors (Lipinski definition) is 0. The molecule has 0 aliphatic carbocycles. The van der Waals surface area contributed by atoms with Crippen molar-refractivity contribution in [2.45, 2.75) is 0 Å². The molecule has 0 N–H and O–H groups in total. The normalized spacial score (nSPS) is 11.3. The number of hydrogen-bond acceptors (Lipinski definition) is 3. The summed E-state index contributed by atoms with van der Waals surface area (Å²) in [4.78, 5) is 4.66. The van der Waals surface area contributed by atoms with Crippen molar-refractivity contribution in [2.24, 2.45) is 0 Å². The molecule has 0 saturated heterocycles. The first-order valence-corrected chi connectivity index (χ1v) is 20.7. The SMILES string of the molecule is c1ccc(-c2c(N(c3ccc(-c4cccc(-c5ccc(N(c6ccccc6)c6ccccc6)cc5)c4)cc3)c3ccc4c(c3)oc3ccccc34)ccc3ccccc23)cc1.